The molecule has 0 aromatic carbocycles. The maximum Gasteiger partial charge on any atom is 0.129 e. The predicted molar refractivity (Wildman–Crippen MR) is 71.0 cm³/mol. The molecule has 1 fully saturated rings. The minimum Gasteiger partial charge on any atom is -0.313 e. The molecule has 1 aliphatic heterocycles. The van der Waals surface area contributed by atoms with Crippen molar-refractivity contribution in [1.82, 2.24) is 10.3 Å². The quantitative estimate of drug-likeness (QED) is 0.772. The highest BCUT2D eigenvalue weighted by molar-refractivity contribution is 6.29. The van der Waals surface area contributed by atoms with Crippen molar-refractivity contribution in [2.75, 3.05) is 6.54 Å². The lowest BCUT2D eigenvalue weighted by molar-refractivity contribution is 0.278. The molecule has 1 saturated heterocycles. The van der Waals surface area contributed by atoms with Gasteiger partial charge in [0.2, 0.25) is 0 Å². The van der Waals surface area contributed by atoms with Crippen molar-refractivity contribution < 1.29 is 0 Å². The van der Waals surface area contributed by atoms with Crippen molar-refractivity contribution in [3.8, 4) is 0 Å². The van der Waals surface area contributed by atoms with Gasteiger partial charge in [-0.1, -0.05) is 23.7 Å². The molecule has 1 aromatic heterocycles. The number of halogens is 1. The summed E-state index contributed by atoms with van der Waals surface area (Å²) in [6, 6.07) is 4.61. The van der Waals surface area contributed by atoms with Gasteiger partial charge in [-0.3, -0.25) is 0 Å². The summed E-state index contributed by atoms with van der Waals surface area (Å²) in [4.78, 5) is 4.16. The molecule has 0 radical (unpaired) electrons. The number of allylic oxidation sites excluding steroid dienone is 1. The van der Waals surface area contributed by atoms with E-state index in [2.05, 4.69) is 22.4 Å². The van der Waals surface area contributed by atoms with Crippen LogP contribution in [0.2, 0.25) is 5.15 Å². The highest BCUT2D eigenvalue weighted by Gasteiger charge is 2.28. The fraction of sp³-hybridized carbons (Fsp3) is 0.500. The summed E-state index contributed by atoms with van der Waals surface area (Å²) >= 11 is 5.82. The van der Waals surface area contributed by atoms with Crippen LogP contribution in [0.4, 0.5) is 0 Å². The summed E-state index contributed by atoms with van der Waals surface area (Å²) in [5, 5.41) is 4.21. The molecule has 0 saturated carbocycles. The summed E-state index contributed by atoms with van der Waals surface area (Å²) < 4.78 is 0. The van der Waals surface area contributed by atoms with E-state index in [1.165, 1.54) is 36.9 Å². The minimum absolute atomic E-state index is 0.568. The smallest absolute Gasteiger partial charge is 0.129 e. The zero-order valence-electron chi connectivity index (χ0n) is 9.82. The Labute approximate surface area is 107 Å². The third-order valence-electron chi connectivity index (χ3n) is 3.93. The van der Waals surface area contributed by atoms with E-state index in [0.29, 0.717) is 11.2 Å². The third-order valence-corrected chi connectivity index (χ3v) is 4.16. The van der Waals surface area contributed by atoms with Gasteiger partial charge >= 0.3 is 0 Å². The van der Waals surface area contributed by atoms with E-state index in [1.54, 1.807) is 0 Å². The number of pyridine rings is 1. The standard InChI is InChI=1S/C14H17ClN2/c15-14-6-5-12(9-17-14)11-4-3-10-2-1-7-16-13(10)8-11/h4-6,9-10,13,16H,1-3,7-8H2/t10-,13+/m0/s1. The van der Waals surface area contributed by atoms with Crippen LogP contribution in [0.15, 0.2) is 24.4 Å². The van der Waals surface area contributed by atoms with Gasteiger partial charge in [0.25, 0.3) is 0 Å². The van der Waals surface area contributed by atoms with Gasteiger partial charge in [0.05, 0.1) is 0 Å². The average Bonchev–Trinajstić information content (AvgIpc) is 2.39. The lowest BCUT2D eigenvalue weighted by atomic mass is 9.78. The van der Waals surface area contributed by atoms with Gasteiger partial charge in [0.15, 0.2) is 0 Å². The van der Waals surface area contributed by atoms with E-state index in [4.69, 9.17) is 11.6 Å². The van der Waals surface area contributed by atoms with Gasteiger partial charge < -0.3 is 5.32 Å². The van der Waals surface area contributed by atoms with Crippen LogP contribution in [-0.4, -0.2) is 17.6 Å². The molecule has 0 unspecified atom stereocenters. The SMILES string of the molecule is Clc1ccc(C2=CC[C@@H]3CCCN[C@@H]3C2)cn1. The van der Waals surface area contributed by atoms with Gasteiger partial charge in [-0.15, -0.1) is 0 Å². The number of nitrogens with one attached hydrogen (secondary N) is 1. The van der Waals surface area contributed by atoms with Crippen molar-refractivity contribution in [3.05, 3.63) is 35.1 Å². The first-order chi connectivity index (χ1) is 8.33. The van der Waals surface area contributed by atoms with E-state index in [1.807, 2.05) is 12.3 Å². The third kappa shape index (κ3) is 2.38. The van der Waals surface area contributed by atoms with Crippen LogP contribution in [0.3, 0.4) is 0 Å². The van der Waals surface area contributed by atoms with E-state index in [-0.39, 0.29) is 0 Å². The first kappa shape index (κ1) is 11.2. The van der Waals surface area contributed by atoms with E-state index in [0.717, 1.165) is 12.3 Å². The van der Waals surface area contributed by atoms with Crippen molar-refractivity contribution >= 4 is 17.2 Å². The molecule has 2 nitrogen and oxygen atoms in total. The maximum atomic E-state index is 5.82. The number of hydrogen-bond donors (Lipinski definition) is 1. The molecule has 0 bridgehead atoms. The van der Waals surface area contributed by atoms with E-state index in [9.17, 15) is 0 Å². The highest BCUT2D eigenvalue weighted by Crippen LogP contribution is 2.34. The van der Waals surface area contributed by atoms with E-state index >= 15 is 0 Å². The van der Waals surface area contributed by atoms with Gasteiger partial charge in [-0.05, 0) is 55.3 Å². The zero-order valence-corrected chi connectivity index (χ0v) is 10.6. The van der Waals surface area contributed by atoms with Crippen molar-refractivity contribution in [2.45, 2.75) is 31.7 Å². The maximum absolute atomic E-state index is 5.82. The number of aromatic nitrogens is 1. The highest BCUT2D eigenvalue weighted by atomic mass is 35.5. The molecule has 1 N–H and O–H groups in total. The Bertz CT molecular complexity index is 424. The normalized spacial score (nSPS) is 28.4. The number of hydrogen-bond acceptors (Lipinski definition) is 2. The van der Waals surface area contributed by atoms with Gasteiger partial charge in [0.1, 0.15) is 5.15 Å². The number of rotatable bonds is 1. The summed E-state index contributed by atoms with van der Waals surface area (Å²) in [7, 11) is 0. The number of piperidine rings is 1. The van der Waals surface area contributed by atoms with Crippen LogP contribution in [0.1, 0.15) is 31.2 Å². The fourth-order valence-electron chi connectivity index (χ4n) is 2.96. The Balaban J connectivity index is 1.80. The van der Waals surface area contributed by atoms with Crippen LogP contribution >= 0.6 is 11.6 Å². The van der Waals surface area contributed by atoms with Crippen molar-refractivity contribution in [1.29, 1.82) is 0 Å². The van der Waals surface area contributed by atoms with E-state index < -0.39 is 0 Å². The molecular formula is C14H17ClN2. The topological polar surface area (TPSA) is 24.9 Å². The molecule has 3 heteroatoms. The summed E-state index contributed by atoms with van der Waals surface area (Å²) in [5.41, 5.74) is 2.64. The molecule has 90 valence electrons. The number of nitrogens with zero attached hydrogens (tertiary/aromatic N) is 1. The molecule has 1 aliphatic carbocycles. The monoisotopic (exact) mass is 248 g/mol. The summed E-state index contributed by atoms with van der Waals surface area (Å²) in [6.07, 6.45) is 9.31. The second-order valence-electron chi connectivity index (χ2n) is 5.00. The predicted octanol–water partition coefficient (Wildman–Crippen LogP) is 3.28. The van der Waals surface area contributed by atoms with Crippen LogP contribution in [0, 0.1) is 5.92 Å². The largest absolute Gasteiger partial charge is 0.313 e. The zero-order chi connectivity index (χ0) is 11.7. The Morgan fingerprint density at radius 1 is 1.35 bits per heavy atom. The lowest BCUT2D eigenvalue weighted by Gasteiger charge is -2.36. The molecule has 1 aromatic rings. The molecule has 3 rings (SSSR count). The Morgan fingerprint density at radius 3 is 3.12 bits per heavy atom. The first-order valence-electron chi connectivity index (χ1n) is 6.37. The Morgan fingerprint density at radius 2 is 2.29 bits per heavy atom. The summed E-state index contributed by atoms with van der Waals surface area (Å²) in [6.45, 7) is 1.17. The molecule has 2 heterocycles. The first-order valence-corrected chi connectivity index (χ1v) is 6.75. The van der Waals surface area contributed by atoms with Crippen LogP contribution < -0.4 is 5.32 Å². The molecule has 17 heavy (non-hydrogen) atoms. The van der Waals surface area contributed by atoms with Gasteiger partial charge in [-0.25, -0.2) is 4.98 Å². The molecule has 2 atom stereocenters. The molecule has 0 amide bonds. The van der Waals surface area contributed by atoms with Crippen LogP contribution in [0.5, 0.6) is 0 Å². The average molecular weight is 249 g/mol. The second kappa shape index (κ2) is 4.79. The van der Waals surface area contributed by atoms with Crippen molar-refractivity contribution in [2.24, 2.45) is 5.92 Å². The van der Waals surface area contributed by atoms with Crippen molar-refractivity contribution in [3.63, 3.8) is 0 Å². The second-order valence-corrected chi connectivity index (χ2v) is 5.39. The molecular weight excluding hydrogens is 232 g/mol. The molecule has 0 spiro atoms. The number of fused-ring (bicyclic) bond motifs is 1. The molecule has 2 aliphatic rings. The van der Waals surface area contributed by atoms with Crippen LogP contribution in [0.25, 0.3) is 5.57 Å². The Kier molecular flexibility index (Phi) is 3.17. The van der Waals surface area contributed by atoms with Crippen LogP contribution in [-0.2, 0) is 0 Å². The minimum atomic E-state index is 0.568. The van der Waals surface area contributed by atoms with Gasteiger partial charge in [0, 0.05) is 12.2 Å². The lowest BCUT2D eigenvalue weighted by Crippen LogP contribution is -2.42. The summed E-state index contributed by atoms with van der Waals surface area (Å²) in [5.74, 6) is 0.841. The van der Waals surface area contributed by atoms with Gasteiger partial charge in [-0.2, -0.15) is 0 Å². The Hall–Kier alpha value is -0.860. The fourth-order valence-corrected chi connectivity index (χ4v) is 3.07.